The Morgan fingerprint density at radius 2 is 2.04 bits per heavy atom. The zero-order valence-corrected chi connectivity index (χ0v) is 13.8. The SMILES string of the molecule is Cc1ccc(C(=O)N(C)C(C)c2nc3ccc(Cl)cc3[nH]2)nn1. The molecule has 0 spiro atoms. The monoisotopic (exact) mass is 329 g/mol. The fourth-order valence-corrected chi connectivity index (χ4v) is 2.42. The lowest BCUT2D eigenvalue weighted by Gasteiger charge is -2.22. The van der Waals surface area contributed by atoms with Gasteiger partial charge in [0.2, 0.25) is 0 Å². The maximum Gasteiger partial charge on any atom is 0.274 e. The van der Waals surface area contributed by atoms with Crippen LogP contribution in [0.25, 0.3) is 11.0 Å². The first kappa shape index (κ1) is 15.4. The van der Waals surface area contributed by atoms with E-state index >= 15 is 0 Å². The maximum atomic E-state index is 12.5. The Hall–Kier alpha value is -2.47. The molecule has 0 aliphatic heterocycles. The number of nitrogens with one attached hydrogen (secondary N) is 1. The molecule has 1 amide bonds. The predicted molar refractivity (Wildman–Crippen MR) is 88.4 cm³/mol. The van der Waals surface area contributed by atoms with Gasteiger partial charge in [0.25, 0.3) is 5.91 Å². The molecule has 1 unspecified atom stereocenters. The highest BCUT2D eigenvalue weighted by Crippen LogP contribution is 2.23. The second kappa shape index (κ2) is 5.96. The number of H-pyrrole nitrogens is 1. The number of nitrogens with zero attached hydrogens (tertiary/aromatic N) is 4. The minimum Gasteiger partial charge on any atom is -0.340 e. The molecule has 1 aromatic carbocycles. The lowest BCUT2D eigenvalue weighted by molar-refractivity contribution is 0.0730. The zero-order valence-electron chi connectivity index (χ0n) is 13.0. The van der Waals surface area contributed by atoms with Gasteiger partial charge in [-0.15, -0.1) is 5.10 Å². The largest absolute Gasteiger partial charge is 0.340 e. The van der Waals surface area contributed by atoms with Crippen molar-refractivity contribution in [2.24, 2.45) is 0 Å². The summed E-state index contributed by atoms with van der Waals surface area (Å²) in [6.45, 7) is 3.73. The van der Waals surface area contributed by atoms with Crippen molar-refractivity contribution in [3.63, 3.8) is 0 Å². The van der Waals surface area contributed by atoms with Crippen LogP contribution < -0.4 is 0 Å². The molecule has 7 heteroatoms. The van der Waals surface area contributed by atoms with Crippen LogP contribution in [0.2, 0.25) is 5.02 Å². The van der Waals surface area contributed by atoms with E-state index in [1.807, 2.05) is 26.0 Å². The molecule has 0 saturated heterocycles. The number of aromatic amines is 1. The van der Waals surface area contributed by atoms with Crippen molar-refractivity contribution >= 4 is 28.5 Å². The summed E-state index contributed by atoms with van der Waals surface area (Å²) in [6.07, 6.45) is 0. The van der Waals surface area contributed by atoms with Crippen LogP contribution in [0.15, 0.2) is 30.3 Å². The Morgan fingerprint density at radius 1 is 1.26 bits per heavy atom. The van der Waals surface area contributed by atoms with Crippen LogP contribution in [-0.2, 0) is 0 Å². The number of aromatic nitrogens is 4. The van der Waals surface area contributed by atoms with Crippen LogP contribution in [0.3, 0.4) is 0 Å². The van der Waals surface area contributed by atoms with Gasteiger partial charge in [0, 0.05) is 12.1 Å². The number of benzene rings is 1. The second-order valence-corrected chi connectivity index (χ2v) is 5.87. The third kappa shape index (κ3) is 3.03. The molecule has 0 radical (unpaired) electrons. The molecular formula is C16H16ClN5O. The highest BCUT2D eigenvalue weighted by atomic mass is 35.5. The molecule has 0 aliphatic rings. The molecule has 0 bridgehead atoms. The normalized spacial score (nSPS) is 12.3. The van der Waals surface area contributed by atoms with E-state index in [1.54, 1.807) is 30.1 Å². The first-order valence-corrected chi connectivity index (χ1v) is 7.56. The van der Waals surface area contributed by atoms with Gasteiger partial charge in [-0.3, -0.25) is 4.79 Å². The summed E-state index contributed by atoms with van der Waals surface area (Å²) in [5.41, 5.74) is 2.73. The van der Waals surface area contributed by atoms with Crippen LogP contribution in [-0.4, -0.2) is 38.0 Å². The van der Waals surface area contributed by atoms with Crippen molar-refractivity contribution in [1.29, 1.82) is 0 Å². The Morgan fingerprint density at radius 3 is 2.74 bits per heavy atom. The molecule has 0 saturated carbocycles. The highest BCUT2D eigenvalue weighted by molar-refractivity contribution is 6.31. The first-order valence-electron chi connectivity index (χ1n) is 7.18. The lowest BCUT2D eigenvalue weighted by atomic mass is 10.2. The summed E-state index contributed by atoms with van der Waals surface area (Å²) in [4.78, 5) is 21.8. The summed E-state index contributed by atoms with van der Waals surface area (Å²) in [5, 5.41) is 8.50. The topological polar surface area (TPSA) is 74.8 Å². The first-order chi connectivity index (χ1) is 11.0. The number of carbonyl (C=O) groups excluding carboxylic acids is 1. The molecule has 3 aromatic rings. The third-order valence-corrected chi connectivity index (χ3v) is 4.01. The van der Waals surface area contributed by atoms with Gasteiger partial charge in [-0.1, -0.05) is 11.6 Å². The van der Waals surface area contributed by atoms with Gasteiger partial charge in [0.15, 0.2) is 5.69 Å². The average molecular weight is 330 g/mol. The number of imidazole rings is 1. The quantitative estimate of drug-likeness (QED) is 0.801. The molecule has 0 aliphatic carbocycles. The second-order valence-electron chi connectivity index (χ2n) is 5.44. The van der Waals surface area contributed by atoms with Crippen LogP contribution in [0.4, 0.5) is 0 Å². The summed E-state index contributed by atoms with van der Waals surface area (Å²) < 4.78 is 0. The van der Waals surface area contributed by atoms with Crippen LogP contribution in [0, 0.1) is 6.92 Å². The van der Waals surface area contributed by atoms with Gasteiger partial charge in [-0.05, 0) is 44.2 Å². The van der Waals surface area contributed by atoms with Crippen molar-refractivity contribution in [1.82, 2.24) is 25.1 Å². The smallest absolute Gasteiger partial charge is 0.274 e. The van der Waals surface area contributed by atoms with E-state index < -0.39 is 0 Å². The van der Waals surface area contributed by atoms with Gasteiger partial charge < -0.3 is 9.88 Å². The molecule has 1 N–H and O–H groups in total. The molecule has 118 valence electrons. The van der Waals surface area contributed by atoms with Gasteiger partial charge >= 0.3 is 0 Å². The molecule has 1 atom stereocenters. The summed E-state index contributed by atoms with van der Waals surface area (Å²) >= 11 is 5.99. The average Bonchev–Trinajstić information content (AvgIpc) is 2.96. The number of halogens is 1. The third-order valence-electron chi connectivity index (χ3n) is 3.78. The number of fused-ring (bicyclic) bond motifs is 1. The maximum absolute atomic E-state index is 12.5. The van der Waals surface area contributed by atoms with Gasteiger partial charge in [0.1, 0.15) is 5.82 Å². The van der Waals surface area contributed by atoms with Crippen molar-refractivity contribution in [3.05, 3.63) is 52.6 Å². The number of rotatable bonds is 3. The Kier molecular flexibility index (Phi) is 4.00. The molecule has 23 heavy (non-hydrogen) atoms. The Balaban J connectivity index is 1.86. The number of hydrogen-bond acceptors (Lipinski definition) is 4. The summed E-state index contributed by atoms with van der Waals surface area (Å²) in [6, 6.07) is 8.65. The molecule has 3 rings (SSSR count). The summed E-state index contributed by atoms with van der Waals surface area (Å²) in [5.74, 6) is 0.488. The zero-order chi connectivity index (χ0) is 16.6. The minimum absolute atomic E-state index is 0.205. The van der Waals surface area contributed by atoms with E-state index in [4.69, 9.17) is 11.6 Å². The molecule has 2 heterocycles. The minimum atomic E-state index is -0.239. The predicted octanol–water partition coefficient (Wildman–Crippen LogP) is 3.15. The van der Waals surface area contributed by atoms with Crippen molar-refractivity contribution < 1.29 is 4.79 Å². The van der Waals surface area contributed by atoms with Gasteiger partial charge in [0.05, 0.1) is 22.8 Å². The van der Waals surface area contributed by atoms with Crippen LogP contribution >= 0.6 is 11.6 Å². The Labute approximate surface area is 138 Å². The van der Waals surface area contributed by atoms with Crippen molar-refractivity contribution in [2.45, 2.75) is 19.9 Å². The lowest BCUT2D eigenvalue weighted by Crippen LogP contribution is -2.31. The molecule has 6 nitrogen and oxygen atoms in total. The van der Waals surface area contributed by atoms with E-state index in [2.05, 4.69) is 20.2 Å². The number of carbonyl (C=O) groups is 1. The number of hydrogen-bond donors (Lipinski definition) is 1. The van der Waals surface area contributed by atoms with Crippen LogP contribution in [0.1, 0.15) is 35.0 Å². The van der Waals surface area contributed by atoms with E-state index in [-0.39, 0.29) is 11.9 Å². The fraction of sp³-hybridized carbons (Fsp3) is 0.250. The molecular weight excluding hydrogens is 314 g/mol. The molecule has 0 fully saturated rings. The van der Waals surface area contributed by atoms with E-state index in [0.29, 0.717) is 16.5 Å². The van der Waals surface area contributed by atoms with Crippen molar-refractivity contribution in [2.75, 3.05) is 7.05 Å². The van der Waals surface area contributed by atoms with E-state index in [9.17, 15) is 4.79 Å². The van der Waals surface area contributed by atoms with Gasteiger partial charge in [-0.2, -0.15) is 5.10 Å². The van der Waals surface area contributed by atoms with Gasteiger partial charge in [-0.25, -0.2) is 4.98 Å². The Bertz CT molecular complexity index is 859. The number of aryl methyl sites for hydroxylation is 1. The standard InChI is InChI=1S/C16H16ClN5O/c1-9-4-6-13(21-20-9)16(23)22(3)10(2)15-18-12-7-5-11(17)8-14(12)19-15/h4-8,10H,1-3H3,(H,18,19). The van der Waals surface area contributed by atoms with Crippen LogP contribution in [0.5, 0.6) is 0 Å². The van der Waals surface area contributed by atoms with E-state index in [1.165, 1.54) is 0 Å². The van der Waals surface area contributed by atoms with Crippen molar-refractivity contribution in [3.8, 4) is 0 Å². The van der Waals surface area contributed by atoms with E-state index in [0.717, 1.165) is 16.7 Å². The fourth-order valence-electron chi connectivity index (χ4n) is 2.25. The summed E-state index contributed by atoms with van der Waals surface area (Å²) in [7, 11) is 1.72. The number of amides is 1. The molecule has 2 aromatic heterocycles. The highest BCUT2D eigenvalue weighted by Gasteiger charge is 2.22.